The van der Waals surface area contributed by atoms with Crippen molar-refractivity contribution in [2.24, 2.45) is 0 Å². The molecule has 4 rings (SSSR count). The SMILES string of the molecule is CCN(CC)c1ncc([N+](=O)[O-])c(Nc2ccc(Oc3ccc(S(=O)(=O)CC4CS4)cc3)cc2)n1. The second-order valence-corrected chi connectivity index (χ2v) is 11.2. The standard InChI is InChI=1S/C23H25N5O5S2/c1-3-27(4-2)23-24-13-21(28(29)30)22(26-23)25-16-5-7-17(8-6-16)33-18-9-11-20(12-10-18)35(31,32)15-19-14-34-19/h5-13,19H,3-4,14-15H2,1-2H3,(H,24,25,26). The van der Waals surface area contributed by atoms with Crippen LogP contribution in [0, 0.1) is 10.1 Å². The van der Waals surface area contributed by atoms with Gasteiger partial charge in [-0.3, -0.25) is 10.1 Å². The van der Waals surface area contributed by atoms with Gasteiger partial charge in [-0.15, -0.1) is 0 Å². The molecule has 10 nitrogen and oxygen atoms in total. The predicted octanol–water partition coefficient (Wildman–Crippen LogP) is 4.66. The van der Waals surface area contributed by atoms with Gasteiger partial charge in [-0.25, -0.2) is 13.4 Å². The second-order valence-electron chi connectivity index (χ2n) is 7.79. The highest BCUT2D eigenvalue weighted by molar-refractivity contribution is 8.08. The maximum Gasteiger partial charge on any atom is 0.329 e. The molecule has 0 aliphatic carbocycles. The molecule has 0 saturated carbocycles. The first-order valence-corrected chi connectivity index (χ1v) is 13.7. The van der Waals surface area contributed by atoms with E-state index in [0.717, 1.165) is 5.75 Å². The van der Waals surface area contributed by atoms with E-state index in [4.69, 9.17) is 4.74 Å². The van der Waals surface area contributed by atoms with Gasteiger partial charge >= 0.3 is 5.69 Å². The minimum atomic E-state index is -3.29. The largest absolute Gasteiger partial charge is 0.457 e. The molecule has 0 radical (unpaired) electrons. The number of ether oxygens (including phenoxy) is 1. The van der Waals surface area contributed by atoms with Crippen molar-refractivity contribution in [3.05, 3.63) is 64.8 Å². The van der Waals surface area contributed by atoms with E-state index >= 15 is 0 Å². The Labute approximate surface area is 207 Å². The summed E-state index contributed by atoms with van der Waals surface area (Å²) in [6.45, 7) is 5.26. The molecule has 12 heteroatoms. The minimum Gasteiger partial charge on any atom is -0.457 e. The fraction of sp³-hybridized carbons (Fsp3) is 0.304. The Balaban J connectivity index is 1.45. The van der Waals surface area contributed by atoms with Crippen molar-refractivity contribution < 1.29 is 18.1 Å². The molecule has 0 bridgehead atoms. The van der Waals surface area contributed by atoms with Gasteiger partial charge in [-0.1, -0.05) is 0 Å². The van der Waals surface area contributed by atoms with Crippen LogP contribution in [0.15, 0.2) is 59.6 Å². The topological polar surface area (TPSA) is 128 Å². The zero-order valence-corrected chi connectivity index (χ0v) is 20.9. The van der Waals surface area contributed by atoms with E-state index in [-0.39, 0.29) is 27.4 Å². The highest BCUT2D eigenvalue weighted by Crippen LogP contribution is 2.33. The Morgan fingerprint density at radius 3 is 2.26 bits per heavy atom. The van der Waals surface area contributed by atoms with Crippen LogP contribution in [0.25, 0.3) is 0 Å². The van der Waals surface area contributed by atoms with Crippen molar-refractivity contribution in [3.63, 3.8) is 0 Å². The van der Waals surface area contributed by atoms with Crippen LogP contribution in [0.3, 0.4) is 0 Å². The maximum absolute atomic E-state index is 12.4. The number of rotatable bonds is 11. The van der Waals surface area contributed by atoms with Crippen LogP contribution in [0.1, 0.15) is 13.8 Å². The average Bonchev–Trinajstić information content (AvgIpc) is 3.65. The molecule has 1 fully saturated rings. The molecule has 1 N–H and O–H groups in total. The number of benzene rings is 2. The first-order valence-electron chi connectivity index (χ1n) is 11.0. The molecule has 2 aromatic carbocycles. The molecule has 0 spiro atoms. The summed E-state index contributed by atoms with van der Waals surface area (Å²) in [6.07, 6.45) is 1.20. The van der Waals surface area contributed by atoms with E-state index in [1.807, 2.05) is 18.7 Å². The summed E-state index contributed by atoms with van der Waals surface area (Å²) in [5.74, 6) is 2.59. The summed E-state index contributed by atoms with van der Waals surface area (Å²) in [7, 11) is -3.29. The number of aromatic nitrogens is 2. The molecule has 1 atom stereocenters. The number of sulfone groups is 1. The van der Waals surface area contributed by atoms with Gasteiger partial charge in [0.1, 0.15) is 17.7 Å². The molecule has 35 heavy (non-hydrogen) atoms. The molecular formula is C23H25N5O5S2. The molecule has 3 aromatic rings. The van der Waals surface area contributed by atoms with Crippen molar-refractivity contribution in [3.8, 4) is 11.5 Å². The predicted molar refractivity (Wildman–Crippen MR) is 137 cm³/mol. The fourth-order valence-corrected chi connectivity index (χ4v) is 6.03. The maximum atomic E-state index is 12.4. The van der Waals surface area contributed by atoms with E-state index in [1.165, 1.54) is 6.20 Å². The van der Waals surface area contributed by atoms with Gasteiger partial charge in [0.2, 0.25) is 11.8 Å². The Kier molecular flexibility index (Phi) is 7.41. The third-order valence-corrected chi connectivity index (χ3v) is 8.36. The van der Waals surface area contributed by atoms with Crippen molar-refractivity contribution in [1.82, 2.24) is 9.97 Å². The second kappa shape index (κ2) is 10.5. The number of nitrogens with zero attached hydrogens (tertiary/aromatic N) is 4. The Hall–Kier alpha value is -3.38. The lowest BCUT2D eigenvalue weighted by Crippen LogP contribution is -2.24. The highest BCUT2D eigenvalue weighted by Gasteiger charge is 2.30. The Bertz CT molecular complexity index is 1290. The van der Waals surface area contributed by atoms with Gasteiger partial charge in [0.05, 0.1) is 15.6 Å². The molecule has 1 aliphatic heterocycles. The number of anilines is 3. The number of thioether (sulfide) groups is 1. The summed E-state index contributed by atoms with van der Waals surface area (Å²) < 4.78 is 30.6. The third-order valence-electron chi connectivity index (χ3n) is 5.34. The van der Waals surface area contributed by atoms with Crippen molar-refractivity contribution in [2.45, 2.75) is 24.0 Å². The fourth-order valence-electron chi connectivity index (χ4n) is 3.35. The summed E-state index contributed by atoms with van der Waals surface area (Å²) in [5.41, 5.74) is 0.362. The van der Waals surface area contributed by atoms with Crippen LogP contribution in [0.2, 0.25) is 0 Å². The van der Waals surface area contributed by atoms with Gasteiger partial charge in [0.15, 0.2) is 9.84 Å². The molecular weight excluding hydrogens is 490 g/mol. The quantitative estimate of drug-likeness (QED) is 0.219. The number of hydrogen-bond donors (Lipinski definition) is 1. The van der Waals surface area contributed by atoms with E-state index < -0.39 is 14.8 Å². The smallest absolute Gasteiger partial charge is 0.329 e. The molecule has 184 valence electrons. The number of hydrogen-bond acceptors (Lipinski definition) is 10. The molecule has 1 saturated heterocycles. The lowest BCUT2D eigenvalue weighted by atomic mass is 10.3. The lowest BCUT2D eigenvalue weighted by molar-refractivity contribution is -0.384. The van der Waals surface area contributed by atoms with Gasteiger partial charge in [0.25, 0.3) is 0 Å². The first-order chi connectivity index (χ1) is 16.8. The van der Waals surface area contributed by atoms with Crippen LogP contribution < -0.4 is 15.0 Å². The normalized spacial score (nSPS) is 14.9. The molecule has 1 aromatic heterocycles. The van der Waals surface area contributed by atoms with Gasteiger partial charge in [0, 0.05) is 29.8 Å². The van der Waals surface area contributed by atoms with E-state index in [2.05, 4.69) is 15.3 Å². The number of nitro groups is 1. The Morgan fingerprint density at radius 2 is 1.71 bits per heavy atom. The average molecular weight is 516 g/mol. The van der Waals surface area contributed by atoms with Crippen molar-refractivity contribution in [1.29, 1.82) is 0 Å². The van der Waals surface area contributed by atoms with Gasteiger partial charge in [-0.2, -0.15) is 16.7 Å². The monoisotopic (exact) mass is 515 g/mol. The summed E-state index contributed by atoms with van der Waals surface area (Å²) >= 11 is 1.65. The lowest BCUT2D eigenvalue weighted by Gasteiger charge is -2.19. The summed E-state index contributed by atoms with van der Waals surface area (Å²) in [5, 5.41) is 14.6. The van der Waals surface area contributed by atoms with Crippen LogP contribution in [-0.2, 0) is 9.84 Å². The molecule has 1 aliphatic rings. The van der Waals surface area contributed by atoms with Crippen LogP contribution in [0.5, 0.6) is 11.5 Å². The molecule has 2 heterocycles. The zero-order valence-electron chi connectivity index (χ0n) is 19.2. The third kappa shape index (κ3) is 6.20. The Morgan fingerprint density at radius 1 is 1.11 bits per heavy atom. The highest BCUT2D eigenvalue weighted by atomic mass is 32.2. The van der Waals surface area contributed by atoms with Crippen molar-refractivity contribution in [2.75, 3.05) is 34.8 Å². The van der Waals surface area contributed by atoms with E-state index in [0.29, 0.717) is 36.2 Å². The van der Waals surface area contributed by atoms with Crippen LogP contribution >= 0.6 is 11.8 Å². The summed E-state index contributed by atoms with van der Waals surface area (Å²) in [6, 6.07) is 13.2. The minimum absolute atomic E-state index is 0.0990. The van der Waals surface area contributed by atoms with Crippen molar-refractivity contribution >= 4 is 44.7 Å². The zero-order chi connectivity index (χ0) is 25.0. The van der Waals surface area contributed by atoms with Crippen LogP contribution in [0.4, 0.5) is 23.1 Å². The molecule has 1 unspecified atom stereocenters. The number of nitrogens with one attached hydrogen (secondary N) is 1. The van der Waals surface area contributed by atoms with Crippen LogP contribution in [-0.4, -0.2) is 53.2 Å². The van der Waals surface area contributed by atoms with E-state index in [9.17, 15) is 18.5 Å². The van der Waals surface area contributed by atoms with E-state index in [1.54, 1.807) is 60.3 Å². The first kappa shape index (κ1) is 24.7. The van der Waals surface area contributed by atoms with Gasteiger partial charge < -0.3 is 15.0 Å². The molecule has 0 amide bonds. The summed E-state index contributed by atoms with van der Waals surface area (Å²) in [4.78, 5) is 21.6. The van der Waals surface area contributed by atoms with Gasteiger partial charge in [-0.05, 0) is 62.4 Å².